The Labute approximate surface area is 106 Å². The van der Waals surface area contributed by atoms with Crippen molar-refractivity contribution in [2.45, 2.75) is 46.6 Å². The maximum Gasteiger partial charge on any atom is 0.0550 e. The van der Waals surface area contributed by atoms with Gasteiger partial charge in [0.25, 0.3) is 0 Å². The van der Waals surface area contributed by atoms with Crippen molar-refractivity contribution in [3.05, 3.63) is 18.0 Å². The van der Waals surface area contributed by atoms with Crippen molar-refractivity contribution in [3.63, 3.8) is 0 Å². The average Bonchev–Trinajstić information content (AvgIpc) is 2.62. The van der Waals surface area contributed by atoms with Crippen molar-refractivity contribution in [1.29, 1.82) is 0 Å². The van der Waals surface area contributed by atoms with Crippen LogP contribution in [-0.2, 0) is 7.05 Å². The Morgan fingerprint density at radius 1 is 1.29 bits per heavy atom. The predicted octanol–water partition coefficient (Wildman–Crippen LogP) is 3.14. The van der Waals surface area contributed by atoms with Crippen LogP contribution in [0, 0.1) is 11.8 Å². The number of rotatable bonds is 7. The van der Waals surface area contributed by atoms with Crippen molar-refractivity contribution in [2.24, 2.45) is 18.9 Å². The van der Waals surface area contributed by atoms with Crippen LogP contribution in [0.2, 0.25) is 0 Å². The fraction of sp³-hybridized carbons (Fsp3) is 0.786. The molecule has 2 atom stereocenters. The number of nitrogens with zero attached hydrogens (tertiary/aromatic N) is 2. The lowest BCUT2D eigenvalue weighted by molar-refractivity contribution is 0.350. The third-order valence-corrected chi connectivity index (χ3v) is 3.18. The minimum atomic E-state index is 0.432. The van der Waals surface area contributed by atoms with Gasteiger partial charge in [0.15, 0.2) is 0 Å². The predicted molar refractivity (Wildman–Crippen MR) is 72.9 cm³/mol. The lowest BCUT2D eigenvalue weighted by Gasteiger charge is -2.23. The zero-order valence-corrected chi connectivity index (χ0v) is 11.9. The van der Waals surface area contributed by atoms with Crippen LogP contribution in [0.15, 0.2) is 12.3 Å². The molecule has 0 aliphatic heterocycles. The van der Waals surface area contributed by atoms with Crippen molar-refractivity contribution in [1.82, 2.24) is 15.1 Å². The summed E-state index contributed by atoms with van der Waals surface area (Å²) < 4.78 is 1.98. The molecule has 17 heavy (non-hydrogen) atoms. The van der Waals surface area contributed by atoms with Crippen molar-refractivity contribution in [3.8, 4) is 0 Å². The first-order valence-corrected chi connectivity index (χ1v) is 6.75. The molecular formula is C14H27N3. The van der Waals surface area contributed by atoms with E-state index in [2.05, 4.69) is 44.2 Å². The molecule has 0 saturated carbocycles. The van der Waals surface area contributed by atoms with Gasteiger partial charge in [-0.2, -0.15) is 5.10 Å². The Bertz CT molecular complexity index is 317. The number of aromatic nitrogens is 2. The molecule has 0 aliphatic carbocycles. The summed E-state index contributed by atoms with van der Waals surface area (Å²) in [5, 5.41) is 7.83. The second-order valence-corrected chi connectivity index (χ2v) is 5.46. The van der Waals surface area contributed by atoms with Gasteiger partial charge in [-0.25, -0.2) is 0 Å². The summed E-state index contributed by atoms with van der Waals surface area (Å²) in [6.45, 7) is 10.1. The lowest BCUT2D eigenvalue weighted by Crippen LogP contribution is -2.25. The molecule has 98 valence electrons. The van der Waals surface area contributed by atoms with E-state index in [1.807, 2.05) is 17.9 Å². The van der Waals surface area contributed by atoms with Crippen molar-refractivity contribution in [2.75, 3.05) is 6.54 Å². The topological polar surface area (TPSA) is 29.9 Å². The number of aryl methyl sites for hydroxylation is 1. The number of hydrogen-bond acceptors (Lipinski definition) is 2. The van der Waals surface area contributed by atoms with E-state index in [9.17, 15) is 0 Å². The summed E-state index contributed by atoms with van der Waals surface area (Å²) in [7, 11) is 2.02. The van der Waals surface area contributed by atoms with Crippen molar-refractivity contribution >= 4 is 0 Å². The highest BCUT2D eigenvalue weighted by Gasteiger charge is 2.17. The highest BCUT2D eigenvalue weighted by molar-refractivity contribution is 5.06. The minimum absolute atomic E-state index is 0.432. The number of hydrogen-bond donors (Lipinski definition) is 1. The van der Waals surface area contributed by atoms with E-state index in [0.29, 0.717) is 6.04 Å². The molecule has 0 aliphatic rings. The molecule has 0 aromatic carbocycles. The third kappa shape index (κ3) is 4.50. The van der Waals surface area contributed by atoms with E-state index in [-0.39, 0.29) is 0 Å². The molecule has 0 saturated heterocycles. The molecule has 0 amide bonds. The number of nitrogens with one attached hydrogen (secondary N) is 1. The molecule has 1 heterocycles. The average molecular weight is 237 g/mol. The normalized spacial score (nSPS) is 15.2. The van der Waals surface area contributed by atoms with Gasteiger partial charge < -0.3 is 5.32 Å². The Balaban J connectivity index is 2.64. The molecule has 0 radical (unpaired) electrons. The Kier molecular flexibility index (Phi) is 5.69. The van der Waals surface area contributed by atoms with Crippen LogP contribution in [0.5, 0.6) is 0 Å². The van der Waals surface area contributed by atoms with Crippen LogP contribution in [0.1, 0.15) is 52.3 Å². The zero-order chi connectivity index (χ0) is 12.8. The molecule has 1 aromatic rings. The van der Waals surface area contributed by atoms with Crippen LogP contribution >= 0.6 is 0 Å². The summed E-state index contributed by atoms with van der Waals surface area (Å²) in [6.07, 6.45) is 4.36. The van der Waals surface area contributed by atoms with Crippen LogP contribution in [-0.4, -0.2) is 16.3 Å². The SMILES string of the molecule is CCNC(CC(C)CC(C)C)c1ccnn1C. The Hall–Kier alpha value is -0.830. The fourth-order valence-corrected chi connectivity index (χ4v) is 2.58. The van der Waals surface area contributed by atoms with Crippen LogP contribution in [0.4, 0.5) is 0 Å². The van der Waals surface area contributed by atoms with Gasteiger partial charge in [0.2, 0.25) is 0 Å². The molecular weight excluding hydrogens is 210 g/mol. The maximum atomic E-state index is 4.26. The summed E-state index contributed by atoms with van der Waals surface area (Å²) in [6, 6.07) is 2.55. The van der Waals surface area contributed by atoms with Gasteiger partial charge >= 0.3 is 0 Å². The summed E-state index contributed by atoms with van der Waals surface area (Å²) in [5.74, 6) is 1.52. The Morgan fingerprint density at radius 3 is 2.47 bits per heavy atom. The van der Waals surface area contributed by atoms with Gasteiger partial charge in [-0.1, -0.05) is 27.7 Å². The zero-order valence-electron chi connectivity index (χ0n) is 11.9. The van der Waals surface area contributed by atoms with Gasteiger partial charge in [-0.05, 0) is 37.3 Å². The van der Waals surface area contributed by atoms with Gasteiger partial charge in [-0.3, -0.25) is 4.68 Å². The standard InChI is InChI=1S/C14H27N3/c1-6-15-13(10-12(4)9-11(2)3)14-7-8-16-17(14)5/h7-8,11-13,15H,6,9-10H2,1-5H3. The van der Waals surface area contributed by atoms with E-state index < -0.39 is 0 Å². The quantitative estimate of drug-likeness (QED) is 0.789. The second kappa shape index (κ2) is 6.80. The second-order valence-electron chi connectivity index (χ2n) is 5.46. The maximum absolute atomic E-state index is 4.26. The largest absolute Gasteiger partial charge is 0.309 e. The molecule has 1 rings (SSSR count). The fourth-order valence-electron chi connectivity index (χ4n) is 2.58. The van der Waals surface area contributed by atoms with E-state index >= 15 is 0 Å². The van der Waals surface area contributed by atoms with E-state index in [1.165, 1.54) is 18.5 Å². The third-order valence-electron chi connectivity index (χ3n) is 3.18. The first-order valence-electron chi connectivity index (χ1n) is 6.75. The highest BCUT2D eigenvalue weighted by atomic mass is 15.3. The van der Waals surface area contributed by atoms with Gasteiger partial charge in [-0.15, -0.1) is 0 Å². The monoisotopic (exact) mass is 237 g/mol. The molecule has 1 aromatic heterocycles. The van der Waals surface area contributed by atoms with Gasteiger partial charge in [0, 0.05) is 19.3 Å². The molecule has 0 bridgehead atoms. The van der Waals surface area contributed by atoms with Crippen LogP contribution in [0.25, 0.3) is 0 Å². The summed E-state index contributed by atoms with van der Waals surface area (Å²) in [5.41, 5.74) is 1.29. The molecule has 1 N–H and O–H groups in total. The molecule has 0 fully saturated rings. The van der Waals surface area contributed by atoms with E-state index in [0.717, 1.165) is 18.4 Å². The van der Waals surface area contributed by atoms with Gasteiger partial charge in [0.05, 0.1) is 5.69 Å². The first-order chi connectivity index (χ1) is 8.04. The van der Waals surface area contributed by atoms with Crippen molar-refractivity contribution < 1.29 is 0 Å². The van der Waals surface area contributed by atoms with Gasteiger partial charge in [0.1, 0.15) is 0 Å². The molecule has 3 nitrogen and oxygen atoms in total. The van der Waals surface area contributed by atoms with E-state index in [1.54, 1.807) is 0 Å². The molecule has 2 unspecified atom stereocenters. The molecule has 0 spiro atoms. The molecule has 3 heteroatoms. The van der Waals surface area contributed by atoms with Crippen LogP contribution < -0.4 is 5.32 Å². The Morgan fingerprint density at radius 2 is 2.00 bits per heavy atom. The smallest absolute Gasteiger partial charge is 0.0550 e. The minimum Gasteiger partial charge on any atom is -0.309 e. The summed E-state index contributed by atoms with van der Waals surface area (Å²) in [4.78, 5) is 0. The first kappa shape index (κ1) is 14.2. The lowest BCUT2D eigenvalue weighted by atomic mass is 9.91. The van der Waals surface area contributed by atoms with E-state index in [4.69, 9.17) is 0 Å². The summed E-state index contributed by atoms with van der Waals surface area (Å²) >= 11 is 0. The highest BCUT2D eigenvalue weighted by Crippen LogP contribution is 2.24. The van der Waals surface area contributed by atoms with Crippen LogP contribution in [0.3, 0.4) is 0 Å².